The van der Waals surface area contributed by atoms with Gasteiger partial charge in [-0.25, -0.2) is 0 Å². The van der Waals surface area contributed by atoms with E-state index in [0.29, 0.717) is 3.80 Å². The fourth-order valence-electron chi connectivity index (χ4n) is 0.729. The molecule has 0 heterocycles. The van der Waals surface area contributed by atoms with E-state index in [1.807, 2.05) is 0 Å². The van der Waals surface area contributed by atoms with Crippen LogP contribution in [0.2, 0.25) is 3.80 Å². The fourth-order valence-corrected chi connectivity index (χ4v) is 3.51. The van der Waals surface area contributed by atoms with Crippen LogP contribution < -0.4 is 3.95 Å². The Morgan fingerprint density at radius 2 is 1.55 bits per heavy atom. The Morgan fingerprint density at radius 1 is 1.00 bits per heavy atom. The molecule has 1 aromatic carbocycles. The zero-order valence-electron chi connectivity index (χ0n) is 7.20. The van der Waals surface area contributed by atoms with Crippen molar-refractivity contribution >= 4 is 3.95 Å². The Labute approximate surface area is 77.6 Å². The molecule has 0 saturated heterocycles. The van der Waals surface area contributed by atoms with Crippen LogP contribution in [0.5, 0.6) is 0 Å². The van der Waals surface area contributed by atoms with Gasteiger partial charge in [0.1, 0.15) is 0 Å². The topological polar surface area (TPSA) is 0 Å². The van der Waals surface area contributed by atoms with Crippen LogP contribution in [-0.4, -0.2) is 0 Å². The van der Waals surface area contributed by atoms with E-state index in [-0.39, 0.29) is 18.6 Å². The summed E-state index contributed by atoms with van der Waals surface area (Å²) in [6, 6.07) is 10.8. The zero-order chi connectivity index (χ0) is 8.32. The Kier molecular flexibility index (Phi) is 2.89. The summed E-state index contributed by atoms with van der Waals surface area (Å²) in [7, 11) is 0. The number of rotatable bonds is 1. The average molecular weight is 329 g/mol. The molecule has 0 spiro atoms. The van der Waals surface area contributed by atoms with Crippen LogP contribution in [0, 0.1) is 0 Å². The third-order valence-corrected chi connectivity index (χ3v) is 4.16. The SMILES string of the molecule is C[C](C)(C)[Pt][c]1ccccc1. The van der Waals surface area contributed by atoms with Gasteiger partial charge >= 0.3 is 77.4 Å². The van der Waals surface area contributed by atoms with Crippen molar-refractivity contribution < 1.29 is 18.6 Å². The summed E-state index contributed by atoms with van der Waals surface area (Å²) in [5.74, 6) is 0. The molecule has 1 aromatic rings. The summed E-state index contributed by atoms with van der Waals surface area (Å²) in [6.07, 6.45) is 0. The van der Waals surface area contributed by atoms with Crippen molar-refractivity contribution in [2.24, 2.45) is 0 Å². The molecule has 0 fully saturated rings. The van der Waals surface area contributed by atoms with Gasteiger partial charge in [0, 0.05) is 0 Å². The zero-order valence-corrected chi connectivity index (χ0v) is 9.48. The van der Waals surface area contributed by atoms with Crippen molar-refractivity contribution in [2.45, 2.75) is 24.6 Å². The second-order valence-electron chi connectivity index (χ2n) is 3.31. The summed E-state index contributed by atoms with van der Waals surface area (Å²) < 4.78 is 2.06. The van der Waals surface area contributed by atoms with Gasteiger partial charge in [0.2, 0.25) is 0 Å². The maximum atomic E-state index is 2.31. The Bertz CT molecular complexity index is 208. The molecular weight excluding hydrogens is 315 g/mol. The molecule has 0 bridgehead atoms. The van der Waals surface area contributed by atoms with E-state index in [4.69, 9.17) is 0 Å². The second-order valence-corrected chi connectivity index (χ2v) is 8.60. The number of hydrogen-bond donors (Lipinski definition) is 0. The van der Waals surface area contributed by atoms with Gasteiger partial charge in [0.25, 0.3) is 0 Å². The molecule has 0 amide bonds. The third kappa shape index (κ3) is 3.72. The van der Waals surface area contributed by atoms with Crippen LogP contribution >= 0.6 is 0 Å². The summed E-state index contributed by atoms with van der Waals surface area (Å²) in [5, 5.41) is 0. The first-order chi connectivity index (χ1) is 5.08. The number of hydrogen-bond acceptors (Lipinski definition) is 0. The Hall–Kier alpha value is -0.0917. The van der Waals surface area contributed by atoms with Crippen LogP contribution in [0.1, 0.15) is 20.8 Å². The second kappa shape index (κ2) is 3.54. The monoisotopic (exact) mass is 329 g/mol. The van der Waals surface area contributed by atoms with E-state index in [1.54, 1.807) is 3.95 Å². The predicted molar refractivity (Wildman–Crippen MR) is 45.8 cm³/mol. The Morgan fingerprint density at radius 3 is 2.00 bits per heavy atom. The summed E-state index contributed by atoms with van der Waals surface area (Å²) in [6.45, 7) is 6.94. The first-order valence-electron chi connectivity index (χ1n) is 3.73. The molecule has 0 aliphatic rings. The molecule has 0 unspecified atom stereocenters. The summed E-state index contributed by atoms with van der Waals surface area (Å²) in [4.78, 5) is 0. The molecular formula is C10H14Pt. The third-order valence-electron chi connectivity index (χ3n) is 1.04. The van der Waals surface area contributed by atoms with Crippen molar-refractivity contribution in [3.8, 4) is 0 Å². The van der Waals surface area contributed by atoms with Gasteiger partial charge in [-0.15, -0.1) is 0 Å². The van der Waals surface area contributed by atoms with Crippen molar-refractivity contribution in [3.05, 3.63) is 30.3 Å². The quantitative estimate of drug-likeness (QED) is 0.743. The molecule has 0 saturated carbocycles. The molecule has 0 aromatic heterocycles. The summed E-state index contributed by atoms with van der Waals surface area (Å²) in [5.41, 5.74) is 0. The van der Waals surface area contributed by atoms with Gasteiger partial charge in [-0.1, -0.05) is 0 Å². The minimum absolute atomic E-state index is 0.174. The maximum absolute atomic E-state index is 2.31. The van der Waals surface area contributed by atoms with E-state index < -0.39 is 0 Å². The van der Waals surface area contributed by atoms with Gasteiger partial charge in [-0.2, -0.15) is 0 Å². The normalized spacial score (nSPS) is 11.9. The van der Waals surface area contributed by atoms with Crippen LogP contribution in [0.25, 0.3) is 0 Å². The molecule has 11 heavy (non-hydrogen) atoms. The van der Waals surface area contributed by atoms with Crippen LogP contribution in [0.3, 0.4) is 0 Å². The van der Waals surface area contributed by atoms with Gasteiger partial charge in [0.05, 0.1) is 0 Å². The van der Waals surface area contributed by atoms with E-state index in [9.17, 15) is 0 Å². The molecule has 0 nitrogen and oxygen atoms in total. The van der Waals surface area contributed by atoms with E-state index >= 15 is 0 Å². The molecule has 0 aliphatic carbocycles. The minimum atomic E-state index is 0.174. The molecule has 0 atom stereocenters. The molecule has 0 radical (unpaired) electrons. The molecule has 64 valence electrons. The van der Waals surface area contributed by atoms with Gasteiger partial charge in [0.15, 0.2) is 0 Å². The van der Waals surface area contributed by atoms with Gasteiger partial charge < -0.3 is 0 Å². The van der Waals surface area contributed by atoms with E-state index in [1.165, 1.54) is 0 Å². The van der Waals surface area contributed by atoms with E-state index in [0.717, 1.165) is 0 Å². The molecule has 1 rings (SSSR count). The van der Waals surface area contributed by atoms with Crippen molar-refractivity contribution in [2.75, 3.05) is 0 Å². The standard InChI is InChI=1S/C6H5.C4H9.Pt/c1-2-4-6-5-3-1;1-4(2)3;/h1-5H;1-3H3;. The van der Waals surface area contributed by atoms with Crippen LogP contribution in [0.4, 0.5) is 0 Å². The van der Waals surface area contributed by atoms with Crippen molar-refractivity contribution in [1.82, 2.24) is 0 Å². The van der Waals surface area contributed by atoms with E-state index in [2.05, 4.69) is 51.1 Å². The first kappa shape index (κ1) is 9.00. The fraction of sp³-hybridized carbons (Fsp3) is 0.400. The van der Waals surface area contributed by atoms with Gasteiger partial charge in [-0.05, 0) is 0 Å². The van der Waals surface area contributed by atoms with Crippen molar-refractivity contribution in [3.63, 3.8) is 0 Å². The molecule has 0 aliphatic heterocycles. The molecule has 0 N–H and O–H groups in total. The average Bonchev–Trinajstić information content (AvgIpc) is 1.85. The van der Waals surface area contributed by atoms with Crippen LogP contribution in [-0.2, 0) is 18.6 Å². The predicted octanol–water partition coefficient (Wildman–Crippen LogP) is 2.61. The molecule has 1 heteroatoms. The Balaban J connectivity index is 2.66. The van der Waals surface area contributed by atoms with Crippen molar-refractivity contribution in [1.29, 1.82) is 0 Å². The van der Waals surface area contributed by atoms with Crippen LogP contribution in [0.15, 0.2) is 30.3 Å². The number of benzene rings is 1. The van der Waals surface area contributed by atoms with Gasteiger partial charge in [-0.3, -0.25) is 0 Å². The summed E-state index contributed by atoms with van der Waals surface area (Å²) >= 11 is 0.174. The first-order valence-corrected chi connectivity index (χ1v) is 6.00.